The molecule has 0 unspecified atom stereocenters. The SMILES string of the molecule is O=c1[nH]c(=O)c2cc(S(=O)(=O)Nc3cccc(-c4ccc(F)cc4)c3)ccc2[nH]1. The Balaban J connectivity index is 1.69. The van der Waals surface area contributed by atoms with E-state index in [0.717, 1.165) is 5.56 Å². The Kier molecular flexibility index (Phi) is 4.51. The largest absolute Gasteiger partial charge is 0.326 e. The van der Waals surface area contributed by atoms with Gasteiger partial charge in [-0.2, -0.15) is 0 Å². The third-order valence-electron chi connectivity index (χ3n) is 4.31. The predicted octanol–water partition coefficient (Wildman–Crippen LogP) is 2.82. The van der Waals surface area contributed by atoms with E-state index in [9.17, 15) is 22.4 Å². The Morgan fingerprint density at radius 3 is 2.34 bits per heavy atom. The van der Waals surface area contributed by atoms with Crippen LogP contribution in [0.1, 0.15) is 0 Å². The van der Waals surface area contributed by atoms with Gasteiger partial charge in [0.15, 0.2) is 0 Å². The molecule has 0 aliphatic carbocycles. The molecule has 0 spiro atoms. The van der Waals surface area contributed by atoms with Crippen molar-refractivity contribution in [3.05, 3.63) is 93.4 Å². The summed E-state index contributed by atoms with van der Waals surface area (Å²) >= 11 is 0. The van der Waals surface area contributed by atoms with Gasteiger partial charge in [-0.05, 0) is 53.6 Å². The second-order valence-corrected chi connectivity index (χ2v) is 7.99. The minimum Gasteiger partial charge on any atom is -0.307 e. The second kappa shape index (κ2) is 7.02. The highest BCUT2D eigenvalue weighted by molar-refractivity contribution is 7.92. The van der Waals surface area contributed by atoms with E-state index < -0.39 is 21.3 Å². The fourth-order valence-electron chi connectivity index (χ4n) is 2.93. The van der Waals surface area contributed by atoms with Gasteiger partial charge in [0, 0.05) is 5.69 Å². The summed E-state index contributed by atoms with van der Waals surface area (Å²) in [4.78, 5) is 27.6. The summed E-state index contributed by atoms with van der Waals surface area (Å²) in [5, 5.41) is 0.0486. The summed E-state index contributed by atoms with van der Waals surface area (Å²) in [6.45, 7) is 0. The zero-order valence-electron chi connectivity index (χ0n) is 14.8. The van der Waals surface area contributed by atoms with E-state index in [1.807, 2.05) is 0 Å². The predicted molar refractivity (Wildman–Crippen MR) is 108 cm³/mol. The minimum atomic E-state index is -3.99. The topological polar surface area (TPSA) is 112 Å². The van der Waals surface area contributed by atoms with E-state index in [0.29, 0.717) is 11.3 Å². The van der Waals surface area contributed by atoms with Crippen molar-refractivity contribution < 1.29 is 12.8 Å². The highest BCUT2D eigenvalue weighted by atomic mass is 32.2. The van der Waals surface area contributed by atoms with Crippen LogP contribution in [-0.2, 0) is 10.0 Å². The first-order valence-corrected chi connectivity index (χ1v) is 9.95. The molecule has 0 saturated carbocycles. The molecule has 9 heteroatoms. The number of nitrogens with one attached hydrogen (secondary N) is 3. The average molecular weight is 411 g/mol. The fraction of sp³-hybridized carbons (Fsp3) is 0. The fourth-order valence-corrected chi connectivity index (χ4v) is 4.01. The number of fused-ring (bicyclic) bond motifs is 1. The van der Waals surface area contributed by atoms with Gasteiger partial charge < -0.3 is 4.98 Å². The standard InChI is InChI=1S/C20H14FN3O4S/c21-14-6-4-12(5-7-14)13-2-1-3-15(10-13)24-29(27,28)16-8-9-18-17(11-16)19(25)23-20(26)22-18/h1-11,24H,(H2,22,23,25,26). The van der Waals surface area contributed by atoms with Crippen molar-refractivity contribution in [1.29, 1.82) is 0 Å². The zero-order chi connectivity index (χ0) is 20.6. The highest BCUT2D eigenvalue weighted by Gasteiger charge is 2.16. The molecule has 1 heterocycles. The lowest BCUT2D eigenvalue weighted by molar-refractivity contribution is 0.601. The Bertz CT molecular complexity index is 1440. The lowest BCUT2D eigenvalue weighted by Gasteiger charge is -2.10. The van der Waals surface area contributed by atoms with Crippen molar-refractivity contribution in [3.63, 3.8) is 0 Å². The van der Waals surface area contributed by atoms with Crippen LogP contribution in [-0.4, -0.2) is 18.4 Å². The molecule has 0 bridgehead atoms. The number of hydrogen-bond acceptors (Lipinski definition) is 4. The Morgan fingerprint density at radius 1 is 0.828 bits per heavy atom. The summed E-state index contributed by atoms with van der Waals surface area (Å²) in [5.74, 6) is -0.363. The molecule has 3 aromatic carbocycles. The first-order chi connectivity index (χ1) is 13.8. The summed E-state index contributed by atoms with van der Waals surface area (Å²) in [6.07, 6.45) is 0. The first-order valence-electron chi connectivity index (χ1n) is 8.47. The van der Waals surface area contributed by atoms with E-state index in [4.69, 9.17) is 0 Å². The van der Waals surface area contributed by atoms with E-state index >= 15 is 0 Å². The number of anilines is 1. The highest BCUT2D eigenvalue weighted by Crippen LogP contribution is 2.25. The minimum absolute atomic E-state index is 0.0486. The van der Waals surface area contributed by atoms with E-state index in [2.05, 4.69) is 14.7 Å². The maximum Gasteiger partial charge on any atom is 0.326 e. The molecule has 0 aliphatic heterocycles. The smallest absolute Gasteiger partial charge is 0.307 e. The van der Waals surface area contributed by atoms with Gasteiger partial charge in [-0.1, -0.05) is 24.3 Å². The maximum atomic E-state index is 13.1. The van der Waals surface area contributed by atoms with Gasteiger partial charge >= 0.3 is 5.69 Å². The molecular formula is C20H14FN3O4S. The number of rotatable bonds is 4. The van der Waals surface area contributed by atoms with Crippen LogP contribution in [0, 0.1) is 5.82 Å². The van der Waals surface area contributed by atoms with Crippen molar-refractivity contribution in [1.82, 2.24) is 9.97 Å². The van der Waals surface area contributed by atoms with Gasteiger partial charge in [-0.25, -0.2) is 17.6 Å². The lowest BCUT2D eigenvalue weighted by Crippen LogP contribution is -2.22. The molecule has 4 aromatic rings. The van der Waals surface area contributed by atoms with E-state index in [1.54, 1.807) is 36.4 Å². The number of halogens is 1. The first kappa shape index (κ1) is 18.6. The Hall–Kier alpha value is -3.72. The Labute approximate surface area is 163 Å². The molecule has 0 radical (unpaired) electrons. The van der Waals surface area contributed by atoms with Crippen molar-refractivity contribution in [2.24, 2.45) is 0 Å². The van der Waals surface area contributed by atoms with Crippen LogP contribution in [0.15, 0.2) is 81.2 Å². The van der Waals surface area contributed by atoms with Crippen molar-refractivity contribution in [3.8, 4) is 11.1 Å². The summed E-state index contributed by atoms with van der Waals surface area (Å²) in [5.41, 5.74) is 0.623. The van der Waals surface area contributed by atoms with Crippen LogP contribution in [0.2, 0.25) is 0 Å². The molecule has 146 valence electrons. The molecule has 4 rings (SSSR count). The number of hydrogen-bond donors (Lipinski definition) is 3. The second-order valence-electron chi connectivity index (χ2n) is 6.31. The van der Waals surface area contributed by atoms with E-state index in [1.165, 1.54) is 30.3 Å². The molecule has 7 nitrogen and oxygen atoms in total. The average Bonchev–Trinajstić information content (AvgIpc) is 2.68. The van der Waals surface area contributed by atoms with Crippen molar-refractivity contribution in [2.75, 3.05) is 4.72 Å². The summed E-state index contributed by atoms with van der Waals surface area (Å²) in [6, 6.07) is 16.3. The molecule has 0 fully saturated rings. The van der Waals surface area contributed by atoms with Crippen LogP contribution in [0.4, 0.5) is 10.1 Å². The quantitative estimate of drug-likeness (QED) is 0.479. The molecule has 29 heavy (non-hydrogen) atoms. The number of benzene rings is 3. The number of sulfonamides is 1. The molecule has 3 N–H and O–H groups in total. The van der Waals surface area contributed by atoms with Crippen LogP contribution in [0.3, 0.4) is 0 Å². The summed E-state index contributed by atoms with van der Waals surface area (Å²) in [7, 11) is -3.99. The van der Waals surface area contributed by atoms with Crippen LogP contribution < -0.4 is 16.0 Å². The molecule has 0 atom stereocenters. The zero-order valence-corrected chi connectivity index (χ0v) is 15.6. The molecule has 0 saturated heterocycles. The molecule has 1 aromatic heterocycles. The monoisotopic (exact) mass is 411 g/mol. The van der Waals surface area contributed by atoms with Crippen LogP contribution in [0.5, 0.6) is 0 Å². The summed E-state index contributed by atoms with van der Waals surface area (Å²) < 4.78 is 41.1. The van der Waals surface area contributed by atoms with Gasteiger partial charge in [0.05, 0.1) is 15.8 Å². The van der Waals surface area contributed by atoms with Gasteiger partial charge in [-0.3, -0.25) is 14.5 Å². The maximum absolute atomic E-state index is 13.1. The van der Waals surface area contributed by atoms with Crippen molar-refractivity contribution in [2.45, 2.75) is 4.90 Å². The third kappa shape index (κ3) is 3.81. The van der Waals surface area contributed by atoms with Crippen molar-refractivity contribution >= 4 is 26.6 Å². The Morgan fingerprint density at radius 2 is 1.59 bits per heavy atom. The van der Waals surface area contributed by atoms with Gasteiger partial charge in [0.1, 0.15) is 5.82 Å². The molecule has 0 aliphatic rings. The van der Waals surface area contributed by atoms with Gasteiger partial charge in [0.25, 0.3) is 15.6 Å². The van der Waals surface area contributed by atoms with Gasteiger partial charge in [0.2, 0.25) is 0 Å². The number of aromatic amines is 2. The van der Waals surface area contributed by atoms with Crippen LogP contribution in [0.25, 0.3) is 22.0 Å². The molecule has 0 amide bonds. The number of H-pyrrole nitrogens is 2. The molecular weight excluding hydrogens is 397 g/mol. The lowest BCUT2D eigenvalue weighted by atomic mass is 10.1. The van der Waals surface area contributed by atoms with Crippen LogP contribution >= 0.6 is 0 Å². The normalized spacial score (nSPS) is 11.5. The van der Waals surface area contributed by atoms with E-state index in [-0.39, 0.29) is 21.6 Å². The number of aromatic nitrogens is 2. The van der Waals surface area contributed by atoms with Gasteiger partial charge in [-0.15, -0.1) is 0 Å². The third-order valence-corrected chi connectivity index (χ3v) is 5.69.